The van der Waals surface area contributed by atoms with Crippen molar-refractivity contribution in [3.8, 4) is 5.69 Å². The lowest BCUT2D eigenvalue weighted by atomic mass is 9.75. The third-order valence-electron chi connectivity index (χ3n) is 9.35. The number of nitrogens with one attached hydrogen (secondary N) is 1. The van der Waals surface area contributed by atoms with Crippen molar-refractivity contribution in [3.05, 3.63) is 59.8 Å². The van der Waals surface area contributed by atoms with Crippen LogP contribution in [0.3, 0.4) is 0 Å². The van der Waals surface area contributed by atoms with Crippen LogP contribution in [-0.2, 0) is 4.79 Å². The second kappa shape index (κ2) is 10.4. The number of piperidine rings is 3. The van der Waals surface area contributed by atoms with E-state index in [1.807, 2.05) is 30.7 Å². The maximum Gasteiger partial charge on any atom is 0.256 e. The Morgan fingerprint density at radius 2 is 1.82 bits per heavy atom. The Balaban J connectivity index is 1.27. The number of hydrogen-bond donors (Lipinski definition) is 1. The van der Waals surface area contributed by atoms with Crippen molar-refractivity contribution < 1.29 is 14.0 Å². The van der Waals surface area contributed by atoms with Gasteiger partial charge in [0.2, 0.25) is 5.91 Å². The topological polar surface area (TPSA) is 70.5 Å². The van der Waals surface area contributed by atoms with Crippen molar-refractivity contribution in [2.75, 3.05) is 20.1 Å². The molecule has 2 amide bonds. The van der Waals surface area contributed by atoms with Crippen molar-refractivity contribution in [1.29, 1.82) is 0 Å². The molecule has 1 aliphatic carbocycles. The summed E-state index contributed by atoms with van der Waals surface area (Å²) in [4.78, 5) is 34.8. The molecule has 4 aliphatic rings. The van der Waals surface area contributed by atoms with Crippen LogP contribution in [-0.4, -0.2) is 69.4 Å². The van der Waals surface area contributed by atoms with Crippen LogP contribution in [0.1, 0.15) is 74.2 Å². The van der Waals surface area contributed by atoms with E-state index in [9.17, 15) is 14.0 Å². The highest BCUT2D eigenvalue weighted by molar-refractivity contribution is 5.99. The Bertz CT molecular complexity index is 1380. The van der Waals surface area contributed by atoms with Gasteiger partial charge in [0, 0.05) is 50.0 Å². The lowest BCUT2D eigenvalue weighted by molar-refractivity contribution is -0.138. The molecule has 7 rings (SSSR count). The van der Waals surface area contributed by atoms with E-state index in [0.29, 0.717) is 23.2 Å². The Kier molecular flexibility index (Phi) is 6.91. The molecule has 1 saturated carbocycles. The SMILES string of the molecule is CC(C)N(C)C(=O)c1cc(F)ccc1-n1cc(C2CCN(C(=O)C3NC4CCC3CC4)CC2)c2ccncc21. The number of nitrogens with zero attached hydrogens (tertiary/aromatic N) is 4. The molecule has 39 heavy (non-hydrogen) atoms. The normalized spacial score (nSPS) is 23.5. The number of likely N-dealkylation sites (tertiary alicyclic amines) is 1. The predicted octanol–water partition coefficient (Wildman–Crippen LogP) is 4.88. The van der Waals surface area contributed by atoms with Crippen LogP contribution in [0.15, 0.2) is 42.9 Å². The summed E-state index contributed by atoms with van der Waals surface area (Å²) in [5, 5.41) is 4.70. The van der Waals surface area contributed by atoms with Crippen molar-refractivity contribution in [2.24, 2.45) is 5.92 Å². The molecule has 2 bridgehead atoms. The maximum absolute atomic E-state index is 14.4. The highest BCUT2D eigenvalue weighted by Gasteiger charge is 2.41. The molecule has 1 N–H and O–H groups in total. The number of carbonyl (C=O) groups excluding carboxylic acids is 2. The predicted molar refractivity (Wildman–Crippen MR) is 149 cm³/mol. The molecule has 4 fully saturated rings. The fraction of sp³-hybridized carbons (Fsp3) is 0.516. The third kappa shape index (κ3) is 4.73. The Morgan fingerprint density at radius 1 is 1.08 bits per heavy atom. The van der Waals surface area contributed by atoms with Gasteiger partial charge in [-0.1, -0.05) is 0 Å². The van der Waals surface area contributed by atoms with Gasteiger partial charge in [0.25, 0.3) is 5.91 Å². The highest BCUT2D eigenvalue weighted by Crippen LogP contribution is 2.38. The molecule has 0 radical (unpaired) electrons. The van der Waals surface area contributed by atoms with Gasteiger partial charge in [0.05, 0.1) is 29.0 Å². The quantitative estimate of drug-likeness (QED) is 0.510. The van der Waals surface area contributed by atoms with Crippen LogP contribution in [0.4, 0.5) is 4.39 Å². The summed E-state index contributed by atoms with van der Waals surface area (Å²) in [6.07, 6.45) is 12.2. The minimum absolute atomic E-state index is 0.0135. The molecule has 0 spiro atoms. The van der Waals surface area contributed by atoms with E-state index in [4.69, 9.17) is 0 Å². The zero-order valence-corrected chi connectivity index (χ0v) is 23.1. The summed E-state index contributed by atoms with van der Waals surface area (Å²) < 4.78 is 16.3. The second-order valence-electron chi connectivity index (χ2n) is 11.9. The van der Waals surface area contributed by atoms with Gasteiger partial charge in [-0.2, -0.15) is 0 Å². The van der Waals surface area contributed by atoms with E-state index in [0.717, 1.165) is 36.8 Å². The van der Waals surface area contributed by atoms with Crippen LogP contribution in [0, 0.1) is 11.7 Å². The molecule has 1 atom stereocenters. The fourth-order valence-electron chi connectivity index (χ4n) is 6.83. The third-order valence-corrected chi connectivity index (χ3v) is 9.35. The van der Waals surface area contributed by atoms with E-state index in [1.165, 1.54) is 43.4 Å². The standard InChI is InChI=1S/C31H38FN5O2/c1-19(2)35(3)30(38)25-16-22(32)6-9-27(25)37-18-26(24-10-13-33-17-28(24)37)20-11-14-36(15-12-20)31(39)29-21-4-7-23(34-29)8-5-21/h6,9-10,13,16-21,23,29,34H,4-5,7-8,11-12,14-15H2,1-3H3. The number of amides is 2. The number of aromatic nitrogens is 2. The van der Waals surface area contributed by atoms with E-state index in [2.05, 4.69) is 21.4 Å². The van der Waals surface area contributed by atoms with Crippen LogP contribution >= 0.6 is 0 Å². The largest absolute Gasteiger partial charge is 0.341 e. The number of benzene rings is 1. The zero-order chi connectivity index (χ0) is 27.3. The van der Waals surface area contributed by atoms with Crippen molar-refractivity contribution >= 4 is 22.7 Å². The first-order valence-corrected chi connectivity index (χ1v) is 14.4. The summed E-state index contributed by atoms with van der Waals surface area (Å²) in [6.45, 7) is 5.37. The van der Waals surface area contributed by atoms with Crippen LogP contribution in [0.25, 0.3) is 16.6 Å². The average Bonchev–Trinajstić information content (AvgIpc) is 3.36. The molecular weight excluding hydrogens is 493 g/mol. The van der Waals surface area contributed by atoms with Gasteiger partial charge >= 0.3 is 0 Å². The summed E-state index contributed by atoms with van der Waals surface area (Å²) in [5.74, 6) is 0.385. The molecule has 3 aromatic rings. The lowest BCUT2D eigenvalue weighted by Gasteiger charge is -2.45. The molecule has 2 aromatic heterocycles. The Hall–Kier alpha value is -3.26. The van der Waals surface area contributed by atoms with Crippen LogP contribution in [0.2, 0.25) is 0 Å². The van der Waals surface area contributed by atoms with E-state index < -0.39 is 5.82 Å². The maximum atomic E-state index is 14.4. The zero-order valence-electron chi connectivity index (χ0n) is 23.1. The van der Waals surface area contributed by atoms with Gasteiger partial charge in [0.1, 0.15) is 5.82 Å². The van der Waals surface area contributed by atoms with E-state index in [-0.39, 0.29) is 29.8 Å². The molecule has 1 unspecified atom stereocenters. The Labute approximate surface area is 229 Å². The minimum Gasteiger partial charge on any atom is -0.341 e. The monoisotopic (exact) mass is 531 g/mol. The van der Waals surface area contributed by atoms with Crippen molar-refractivity contribution in [1.82, 2.24) is 24.7 Å². The summed E-state index contributed by atoms with van der Waals surface area (Å²) in [7, 11) is 1.74. The summed E-state index contributed by atoms with van der Waals surface area (Å²) in [6, 6.07) is 6.91. The summed E-state index contributed by atoms with van der Waals surface area (Å²) >= 11 is 0. The van der Waals surface area contributed by atoms with Gasteiger partial charge in [-0.15, -0.1) is 0 Å². The molecule has 8 heteroatoms. The van der Waals surface area contributed by atoms with Gasteiger partial charge in [-0.3, -0.25) is 14.6 Å². The summed E-state index contributed by atoms with van der Waals surface area (Å²) in [5.41, 5.74) is 3.05. The molecule has 1 aromatic carbocycles. The van der Waals surface area contributed by atoms with Crippen LogP contribution in [0.5, 0.6) is 0 Å². The number of rotatable bonds is 5. The van der Waals surface area contributed by atoms with Gasteiger partial charge in [-0.25, -0.2) is 4.39 Å². The van der Waals surface area contributed by atoms with Crippen molar-refractivity contribution in [2.45, 2.75) is 76.4 Å². The lowest BCUT2D eigenvalue weighted by Crippen LogP contribution is -2.60. The number of halogens is 1. The number of carbonyl (C=O) groups is 2. The molecular formula is C31H38FN5O2. The fourth-order valence-corrected chi connectivity index (χ4v) is 6.83. The molecule has 7 nitrogen and oxygen atoms in total. The number of pyridine rings is 1. The smallest absolute Gasteiger partial charge is 0.256 e. The van der Waals surface area contributed by atoms with Gasteiger partial charge < -0.3 is 19.7 Å². The molecule has 206 valence electrons. The van der Waals surface area contributed by atoms with Crippen LogP contribution < -0.4 is 5.32 Å². The highest BCUT2D eigenvalue weighted by atomic mass is 19.1. The molecule has 3 aliphatic heterocycles. The first-order chi connectivity index (χ1) is 18.8. The second-order valence-corrected chi connectivity index (χ2v) is 11.9. The van der Waals surface area contributed by atoms with Crippen molar-refractivity contribution in [3.63, 3.8) is 0 Å². The number of hydrogen-bond acceptors (Lipinski definition) is 4. The minimum atomic E-state index is -0.438. The molecule has 3 saturated heterocycles. The van der Waals surface area contributed by atoms with E-state index in [1.54, 1.807) is 24.2 Å². The molecule has 5 heterocycles. The first kappa shape index (κ1) is 26.0. The van der Waals surface area contributed by atoms with E-state index >= 15 is 0 Å². The van der Waals surface area contributed by atoms with Gasteiger partial charge in [0.15, 0.2) is 0 Å². The Morgan fingerprint density at radius 3 is 2.49 bits per heavy atom. The number of fused-ring (bicyclic) bond motifs is 4. The first-order valence-electron chi connectivity index (χ1n) is 14.4. The van der Waals surface area contributed by atoms with Gasteiger partial charge in [-0.05, 0) is 94.0 Å². The average molecular weight is 532 g/mol.